The molecule has 4 rings (SSSR count). The number of carbonyl (C=O) groups excluding carboxylic acids is 2. The van der Waals surface area contributed by atoms with Gasteiger partial charge in [-0.2, -0.15) is 0 Å². The van der Waals surface area contributed by atoms with Crippen LogP contribution in [0.4, 0.5) is 4.39 Å². The molecular formula is C24H35FO4. The number of alkyl halides is 1. The first-order chi connectivity index (χ1) is 13.0. The number of aliphatic hydroxyl groups excluding tert-OH is 1. The molecule has 0 aromatic rings. The van der Waals surface area contributed by atoms with Gasteiger partial charge in [0.1, 0.15) is 5.60 Å². The fourth-order valence-electron chi connectivity index (χ4n) is 7.41. The third-order valence-electron chi connectivity index (χ3n) is 8.97. The van der Waals surface area contributed by atoms with Crippen LogP contribution in [0.25, 0.3) is 0 Å². The molecule has 0 amide bonds. The van der Waals surface area contributed by atoms with Gasteiger partial charge in [0.05, 0.1) is 6.10 Å². The molecule has 29 heavy (non-hydrogen) atoms. The molecule has 0 spiro atoms. The lowest BCUT2D eigenvalue weighted by Gasteiger charge is -2.62. The molecule has 162 valence electrons. The highest BCUT2D eigenvalue weighted by Crippen LogP contribution is 2.70. The summed E-state index contributed by atoms with van der Waals surface area (Å²) in [7, 11) is 0. The lowest BCUT2D eigenvalue weighted by molar-refractivity contribution is -0.218. The fraction of sp³-hybridized carbons (Fsp3) is 0.750. The van der Waals surface area contributed by atoms with Crippen molar-refractivity contribution in [2.45, 2.75) is 84.6 Å². The van der Waals surface area contributed by atoms with Crippen molar-refractivity contribution in [3.8, 4) is 0 Å². The molecule has 4 aliphatic rings. The van der Waals surface area contributed by atoms with Crippen LogP contribution in [0.3, 0.4) is 0 Å². The molecule has 2 N–H and O–H groups in total. The second-order valence-corrected chi connectivity index (χ2v) is 9.94. The van der Waals surface area contributed by atoms with Crippen molar-refractivity contribution in [1.82, 2.24) is 0 Å². The summed E-state index contributed by atoms with van der Waals surface area (Å²) in [5.74, 6) is -1.29. The standard InChI is InChI=1S/C23H31FO4.CH4/c1-5-18(26)23(28)13(2)10-17-16-7-6-14-11-15(25)8-9-20(14,3)22(16,24)19(27)12-21(17,23)4;/h8-9,11,13,16-17,19,27-28H,5-7,10,12H2,1-4H3;1H4/t13-,16+,17?,19?,20+,21+,22?,23+;/m1./s1. The van der Waals surface area contributed by atoms with Crippen LogP contribution in [0.2, 0.25) is 0 Å². The molecule has 4 aliphatic carbocycles. The lowest BCUT2D eigenvalue weighted by atomic mass is 9.44. The van der Waals surface area contributed by atoms with Crippen LogP contribution in [-0.2, 0) is 9.59 Å². The quantitative estimate of drug-likeness (QED) is 0.728. The summed E-state index contributed by atoms with van der Waals surface area (Å²) in [5, 5.41) is 22.7. The molecule has 3 fully saturated rings. The first-order valence-corrected chi connectivity index (χ1v) is 10.5. The molecule has 0 aromatic carbocycles. The SMILES string of the molecule is C.CCC(=O)[C@@]1(O)[C@H](C)CC2[C@@H]3CCC4=CC(=O)C=C[C@]4(C)C3(F)C(O)C[C@@]21C. The van der Waals surface area contributed by atoms with E-state index in [1.54, 1.807) is 19.9 Å². The van der Waals surface area contributed by atoms with Crippen molar-refractivity contribution in [3.05, 3.63) is 23.8 Å². The van der Waals surface area contributed by atoms with Crippen molar-refractivity contribution in [1.29, 1.82) is 0 Å². The number of hydrogen-bond acceptors (Lipinski definition) is 4. The Balaban J connectivity index is 0.00000240. The normalized spacial score (nSPS) is 50.7. The molecule has 0 radical (unpaired) electrons. The Morgan fingerprint density at radius 1 is 1.31 bits per heavy atom. The first kappa shape index (κ1) is 22.4. The van der Waals surface area contributed by atoms with E-state index >= 15 is 4.39 Å². The van der Waals surface area contributed by atoms with Gasteiger partial charge in [-0.3, -0.25) is 9.59 Å². The van der Waals surface area contributed by atoms with Crippen molar-refractivity contribution in [2.24, 2.45) is 28.6 Å². The van der Waals surface area contributed by atoms with E-state index in [2.05, 4.69) is 0 Å². The van der Waals surface area contributed by atoms with Gasteiger partial charge >= 0.3 is 0 Å². The van der Waals surface area contributed by atoms with Crippen molar-refractivity contribution in [2.75, 3.05) is 0 Å². The van der Waals surface area contributed by atoms with E-state index in [1.165, 1.54) is 12.2 Å². The van der Waals surface area contributed by atoms with Gasteiger partial charge in [-0.15, -0.1) is 0 Å². The number of hydrogen-bond donors (Lipinski definition) is 2. The van der Waals surface area contributed by atoms with Crippen LogP contribution in [0.5, 0.6) is 0 Å². The van der Waals surface area contributed by atoms with Gasteiger partial charge in [-0.1, -0.05) is 39.8 Å². The Morgan fingerprint density at radius 2 is 1.97 bits per heavy atom. The third kappa shape index (κ3) is 2.38. The molecule has 0 aliphatic heterocycles. The van der Waals surface area contributed by atoms with Crippen LogP contribution in [0.15, 0.2) is 23.8 Å². The summed E-state index contributed by atoms with van der Waals surface area (Å²) < 4.78 is 16.9. The van der Waals surface area contributed by atoms with Crippen LogP contribution in [-0.4, -0.2) is 39.2 Å². The summed E-state index contributed by atoms with van der Waals surface area (Å²) >= 11 is 0. The van der Waals surface area contributed by atoms with Crippen LogP contribution in [0, 0.1) is 28.6 Å². The average Bonchev–Trinajstić information content (AvgIpc) is 2.84. The Labute approximate surface area is 173 Å². The first-order valence-electron chi connectivity index (χ1n) is 10.5. The second kappa shape index (κ2) is 6.58. The summed E-state index contributed by atoms with van der Waals surface area (Å²) in [6, 6.07) is 0. The second-order valence-electron chi connectivity index (χ2n) is 9.94. The Bertz CT molecular complexity index is 803. The summed E-state index contributed by atoms with van der Waals surface area (Å²) in [4.78, 5) is 24.7. The molecule has 4 nitrogen and oxygen atoms in total. The zero-order chi connectivity index (χ0) is 20.7. The zero-order valence-electron chi connectivity index (χ0n) is 17.2. The molecular weight excluding hydrogens is 371 g/mol. The lowest BCUT2D eigenvalue weighted by Crippen LogP contribution is -2.69. The summed E-state index contributed by atoms with van der Waals surface area (Å²) in [6.07, 6.45) is 5.18. The maximum atomic E-state index is 16.9. The zero-order valence-corrected chi connectivity index (χ0v) is 17.2. The van der Waals surface area contributed by atoms with E-state index in [0.717, 1.165) is 5.57 Å². The monoisotopic (exact) mass is 406 g/mol. The van der Waals surface area contributed by atoms with Gasteiger partial charge in [0.15, 0.2) is 17.2 Å². The van der Waals surface area contributed by atoms with Crippen molar-refractivity contribution in [3.63, 3.8) is 0 Å². The predicted octanol–water partition coefficient (Wildman–Crippen LogP) is 3.95. The number of halogens is 1. The van der Waals surface area contributed by atoms with Gasteiger partial charge in [-0.25, -0.2) is 4.39 Å². The molecule has 0 saturated heterocycles. The van der Waals surface area contributed by atoms with Gasteiger partial charge < -0.3 is 10.2 Å². The molecule has 3 unspecified atom stereocenters. The van der Waals surface area contributed by atoms with E-state index in [0.29, 0.717) is 19.3 Å². The van der Waals surface area contributed by atoms with Crippen LogP contribution in [0.1, 0.15) is 67.2 Å². The largest absolute Gasteiger partial charge is 0.390 e. The molecule has 0 heterocycles. The number of rotatable bonds is 2. The number of aliphatic hydroxyl groups is 2. The van der Waals surface area contributed by atoms with Crippen molar-refractivity contribution >= 4 is 11.6 Å². The van der Waals surface area contributed by atoms with Crippen molar-refractivity contribution < 1.29 is 24.2 Å². The van der Waals surface area contributed by atoms with Crippen LogP contribution < -0.4 is 0 Å². The topological polar surface area (TPSA) is 74.6 Å². The van der Waals surface area contributed by atoms with E-state index in [9.17, 15) is 19.8 Å². The maximum absolute atomic E-state index is 16.9. The Morgan fingerprint density at radius 3 is 2.59 bits per heavy atom. The van der Waals surface area contributed by atoms with E-state index < -0.39 is 34.1 Å². The molecule has 8 atom stereocenters. The van der Waals surface area contributed by atoms with E-state index in [4.69, 9.17) is 0 Å². The summed E-state index contributed by atoms with van der Waals surface area (Å²) in [5.41, 5.74) is -4.61. The molecule has 0 aromatic heterocycles. The number of carbonyl (C=O) groups is 2. The van der Waals surface area contributed by atoms with E-state index in [1.807, 2.05) is 13.8 Å². The number of ketones is 2. The Kier molecular flexibility index (Phi) is 5.07. The minimum absolute atomic E-state index is 0. The molecule has 3 saturated carbocycles. The highest BCUT2D eigenvalue weighted by atomic mass is 19.1. The van der Waals surface area contributed by atoms with Gasteiger partial charge in [0, 0.05) is 23.2 Å². The number of fused-ring (bicyclic) bond motifs is 5. The minimum atomic E-state index is -1.92. The van der Waals surface area contributed by atoms with E-state index in [-0.39, 0.29) is 43.7 Å². The third-order valence-corrected chi connectivity index (χ3v) is 8.97. The van der Waals surface area contributed by atoms with Gasteiger partial charge in [-0.05, 0) is 56.6 Å². The highest BCUT2D eigenvalue weighted by Gasteiger charge is 2.75. The van der Waals surface area contributed by atoms with Gasteiger partial charge in [0.25, 0.3) is 0 Å². The van der Waals surface area contributed by atoms with Gasteiger partial charge in [0.2, 0.25) is 0 Å². The molecule has 0 bridgehead atoms. The Hall–Kier alpha value is -1.33. The maximum Gasteiger partial charge on any atom is 0.178 e. The molecule has 5 heteroatoms. The summed E-state index contributed by atoms with van der Waals surface area (Å²) in [6.45, 7) is 7.26. The average molecular weight is 407 g/mol. The highest BCUT2D eigenvalue weighted by molar-refractivity contribution is 6.01. The smallest absolute Gasteiger partial charge is 0.178 e. The predicted molar refractivity (Wildman–Crippen MR) is 110 cm³/mol. The fourth-order valence-corrected chi connectivity index (χ4v) is 7.41. The number of Topliss-reactive ketones (excluding diaryl/α,β-unsaturated/α-hetero) is 1. The number of allylic oxidation sites excluding steroid dienone is 4. The van der Waals surface area contributed by atoms with Crippen LogP contribution >= 0.6 is 0 Å². The minimum Gasteiger partial charge on any atom is -0.390 e.